The van der Waals surface area contributed by atoms with Crippen molar-refractivity contribution in [3.05, 3.63) is 48.7 Å². The highest BCUT2D eigenvalue weighted by molar-refractivity contribution is 5.84. The zero-order valence-electron chi connectivity index (χ0n) is 32.4. The molecule has 6 aliphatic rings. The van der Waals surface area contributed by atoms with Crippen LogP contribution in [0.5, 0.6) is 0 Å². The van der Waals surface area contributed by atoms with Crippen molar-refractivity contribution in [1.82, 2.24) is 19.9 Å². The summed E-state index contributed by atoms with van der Waals surface area (Å²) in [5.74, 6) is 3.57. The molecule has 2 aromatic rings. The maximum atomic E-state index is 15.4. The molecule has 276 valence electrons. The van der Waals surface area contributed by atoms with E-state index in [4.69, 9.17) is 9.72 Å². The average Bonchev–Trinajstić information content (AvgIpc) is 3.85. The lowest BCUT2D eigenvalue weighted by Crippen LogP contribution is -2.67. The normalized spacial score (nSPS) is 42.6. The molecule has 0 aromatic carbocycles. The topological polar surface area (TPSA) is 88.2 Å². The van der Waals surface area contributed by atoms with E-state index in [0.29, 0.717) is 35.5 Å². The van der Waals surface area contributed by atoms with Gasteiger partial charge in [0.05, 0.1) is 23.3 Å². The molecule has 0 bridgehead atoms. The molecule has 1 amide bonds. The van der Waals surface area contributed by atoms with E-state index in [0.717, 1.165) is 75.0 Å². The number of aromatic amines is 1. The molecular formula is C44H62N4O3. The third-order valence-electron chi connectivity index (χ3n) is 17.1. The maximum Gasteiger partial charge on any atom is 0.302 e. The standard InChI is InChI=1S/C44H62N4O3/c1-27(2)30-15-20-44(39(50)48-24-10-12-33(48)38-46-26-32(47-38)29-11-9-23-45-25-29)22-21-42(7)31(37(30)44)13-14-35-41(6)18-17-36(51-28(3)49)40(4,5)34(41)16-19-43(35,42)8/h9,11,23,25-26,30-31,33-37H,1,10,12-22,24H2,2-8H3,(H,46,47)/t30-,31+,33?,34-,35+,36-,37+,41-,42+,43+,44-/m0/s1. The Hall–Kier alpha value is -2.96. The fourth-order valence-corrected chi connectivity index (χ4v) is 14.7. The summed E-state index contributed by atoms with van der Waals surface area (Å²) in [6.45, 7) is 21.9. The number of carbonyl (C=O) groups excluding carboxylic acids is 2. The summed E-state index contributed by atoms with van der Waals surface area (Å²) in [6.07, 6.45) is 18.6. The molecule has 1 N–H and O–H groups in total. The van der Waals surface area contributed by atoms with Crippen molar-refractivity contribution in [2.75, 3.05) is 6.54 Å². The minimum Gasteiger partial charge on any atom is -0.462 e. The summed E-state index contributed by atoms with van der Waals surface area (Å²) in [5, 5.41) is 0. The summed E-state index contributed by atoms with van der Waals surface area (Å²) in [5.41, 5.74) is 3.47. The van der Waals surface area contributed by atoms with Gasteiger partial charge in [0.2, 0.25) is 5.91 Å². The van der Waals surface area contributed by atoms with E-state index in [2.05, 4.69) is 69.1 Å². The molecule has 5 aliphatic carbocycles. The first-order valence-electron chi connectivity index (χ1n) is 20.3. The van der Waals surface area contributed by atoms with Gasteiger partial charge in [0.1, 0.15) is 11.9 Å². The lowest BCUT2D eigenvalue weighted by atomic mass is 9.32. The van der Waals surface area contributed by atoms with Crippen molar-refractivity contribution in [2.45, 2.75) is 138 Å². The molecule has 1 aliphatic heterocycles. The van der Waals surface area contributed by atoms with Crippen molar-refractivity contribution >= 4 is 11.9 Å². The first kappa shape index (κ1) is 35.1. The first-order chi connectivity index (χ1) is 24.2. The summed E-state index contributed by atoms with van der Waals surface area (Å²) >= 11 is 0. The molecule has 51 heavy (non-hydrogen) atoms. The van der Waals surface area contributed by atoms with Crippen LogP contribution in [0.25, 0.3) is 11.3 Å². The quantitative estimate of drug-likeness (QED) is 0.249. The number of hydrogen-bond acceptors (Lipinski definition) is 5. The molecule has 7 heteroatoms. The Morgan fingerprint density at radius 2 is 1.71 bits per heavy atom. The van der Waals surface area contributed by atoms with Crippen LogP contribution in [0, 0.1) is 56.7 Å². The Bertz CT molecular complexity index is 1700. The van der Waals surface area contributed by atoms with Gasteiger partial charge in [0.15, 0.2) is 0 Å². The van der Waals surface area contributed by atoms with Gasteiger partial charge in [-0.25, -0.2) is 4.98 Å². The van der Waals surface area contributed by atoms with E-state index in [1.807, 2.05) is 18.5 Å². The van der Waals surface area contributed by atoms with Gasteiger partial charge < -0.3 is 14.6 Å². The molecule has 0 radical (unpaired) electrons. The molecule has 11 atom stereocenters. The van der Waals surface area contributed by atoms with Crippen LogP contribution in [-0.2, 0) is 14.3 Å². The van der Waals surface area contributed by atoms with Crippen LogP contribution in [0.4, 0.5) is 0 Å². The predicted octanol–water partition coefficient (Wildman–Crippen LogP) is 9.72. The average molecular weight is 695 g/mol. The predicted molar refractivity (Wildman–Crippen MR) is 200 cm³/mol. The number of carbonyl (C=O) groups is 2. The summed E-state index contributed by atoms with van der Waals surface area (Å²) in [4.78, 5) is 42.5. The first-order valence-corrected chi connectivity index (χ1v) is 20.3. The monoisotopic (exact) mass is 694 g/mol. The summed E-state index contributed by atoms with van der Waals surface area (Å²) < 4.78 is 5.99. The molecule has 7 nitrogen and oxygen atoms in total. The minimum absolute atomic E-state index is 0.00185. The Morgan fingerprint density at radius 1 is 0.902 bits per heavy atom. The fraction of sp³-hybridized carbons (Fsp3) is 0.727. The van der Waals surface area contributed by atoms with Gasteiger partial charge in [-0.3, -0.25) is 14.6 Å². The van der Waals surface area contributed by atoms with Crippen LogP contribution >= 0.6 is 0 Å². The third kappa shape index (κ3) is 4.94. The van der Waals surface area contributed by atoms with Crippen LogP contribution in [-0.4, -0.2) is 44.4 Å². The number of amides is 1. The molecule has 1 unspecified atom stereocenters. The van der Waals surface area contributed by atoms with E-state index in [1.54, 1.807) is 13.1 Å². The minimum atomic E-state index is -0.330. The second-order valence-electron chi connectivity index (χ2n) is 19.4. The Kier molecular flexibility index (Phi) is 8.28. The largest absolute Gasteiger partial charge is 0.462 e. The van der Waals surface area contributed by atoms with Gasteiger partial charge in [0, 0.05) is 36.8 Å². The van der Waals surface area contributed by atoms with Crippen molar-refractivity contribution in [3.63, 3.8) is 0 Å². The zero-order chi connectivity index (χ0) is 36.1. The number of nitrogens with one attached hydrogen (secondary N) is 1. The van der Waals surface area contributed by atoms with Crippen molar-refractivity contribution in [2.24, 2.45) is 56.7 Å². The maximum absolute atomic E-state index is 15.4. The number of H-pyrrole nitrogens is 1. The van der Waals surface area contributed by atoms with Gasteiger partial charge in [-0.15, -0.1) is 0 Å². The number of imidazole rings is 1. The molecule has 2 aromatic heterocycles. The number of nitrogens with zero attached hydrogens (tertiary/aromatic N) is 3. The van der Waals surface area contributed by atoms with E-state index in [1.165, 1.54) is 31.3 Å². The highest BCUT2D eigenvalue weighted by Gasteiger charge is 2.72. The number of hydrogen-bond donors (Lipinski definition) is 1. The highest BCUT2D eigenvalue weighted by Crippen LogP contribution is 2.78. The van der Waals surface area contributed by atoms with Gasteiger partial charge in [0.25, 0.3) is 0 Å². The van der Waals surface area contributed by atoms with Gasteiger partial charge in [-0.1, -0.05) is 46.8 Å². The van der Waals surface area contributed by atoms with Gasteiger partial charge >= 0.3 is 5.97 Å². The fourth-order valence-electron chi connectivity index (χ4n) is 14.7. The van der Waals surface area contributed by atoms with Crippen LogP contribution in [0.2, 0.25) is 0 Å². The van der Waals surface area contributed by atoms with Crippen LogP contribution < -0.4 is 0 Å². The lowest BCUT2D eigenvalue weighted by molar-refractivity contribution is -0.249. The lowest BCUT2D eigenvalue weighted by Gasteiger charge is -2.73. The number of allylic oxidation sites excluding steroid dienone is 1. The number of aromatic nitrogens is 3. The Morgan fingerprint density at radius 3 is 2.43 bits per heavy atom. The van der Waals surface area contributed by atoms with E-state index in [9.17, 15) is 4.79 Å². The van der Waals surface area contributed by atoms with Crippen LogP contribution in [0.3, 0.4) is 0 Å². The van der Waals surface area contributed by atoms with Crippen molar-refractivity contribution in [3.8, 4) is 11.3 Å². The molecule has 3 heterocycles. The van der Waals surface area contributed by atoms with Crippen LogP contribution in [0.1, 0.15) is 137 Å². The molecular weight excluding hydrogens is 633 g/mol. The van der Waals surface area contributed by atoms with E-state index in [-0.39, 0.29) is 45.2 Å². The molecule has 0 spiro atoms. The number of esters is 1. The zero-order valence-corrected chi connectivity index (χ0v) is 32.4. The van der Waals surface area contributed by atoms with Gasteiger partial charge in [-0.2, -0.15) is 0 Å². The molecule has 6 fully saturated rings. The second kappa shape index (κ2) is 12.0. The SMILES string of the molecule is C=C(C)[C@@H]1CC[C@]2(C(=O)N3CCCC3c3ncc(-c4cccnc4)[nH]3)CC[C@]3(C)[C@H](CC[C@@H]4[C@@]5(C)CC[C@H](OC(C)=O)C(C)(C)[C@@H]5CC[C@]43C)[C@@H]12. The number of rotatable bonds is 5. The van der Waals surface area contributed by atoms with Crippen LogP contribution in [0.15, 0.2) is 42.9 Å². The molecule has 1 saturated heterocycles. The van der Waals surface area contributed by atoms with E-state index >= 15 is 4.79 Å². The van der Waals surface area contributed by atoms with Crippen molar-refractivity contribution < 1.29 is 14.3 Å². The molecule has 8 rings (SSSR count). The number of ether oxygens (including phenoxy) is 1. The second-order valence-corrected chi connectivity index (χ2v) is 19.4. The van der Waals surface area contributed by atoms with Gasteiger partial charge in [-0.05, 0) is 142 Å². The number of likely N-dealkylation sites (tertiary alicyclic amines) is 1. The smallest absolute Gasteiger partial charge is 0.302 e. The Balaban J connectivity index is 1.11. The third-order valence-corrected chi connectivity index (χ3v) is 17.1. The highest BCUT2D eigenvalue weighted by atomic mass is 16.5. The van der Waals surface area contributed by atoms with E-state index < -0.39 is 0 Å². The Labute approximate surface area is 306 Å². The number of fused-ring (bicyclic) bond motifs is 7. The summed E-state index contributed by atoms with van der Waals surface area (Å²) in [7, 11) is 0. The van der Waals surface area contributed by atoms with Crippen molar-refractivity contribution in [1.29, 1.82) is 0 Å². The number of pyridine rings is 1. The molecule has 5 saturated carbocycles. The summed E-state index contributed by atoms with van der Waals surface area (Å²) in [6, 6.07) is 3.99.